The molecule has 1 aromatic heterocycles. The van der Waals surface area contributed by atoms with Crippen LogP contribution in [0.25, 0.3) is 10.9 Å². The van der Waals surface area contributed by atoms with Crippen LogP contribution in [0.4, 0.5) is 4.79 Å². The van der Waals surface area contributed by atoms with E-state index in [1.807, 2.05) is 18.2 Å². The highest BCUT2D eigenvalue weighted by Crippen LogP contribution is 2.19. The second-order valence-corrected chi connectivity index (χ2v) is 3.15. The Balaban J connectivity index is 2.75. The third kappa shape index (κ3) is 1.44. The number of aromatic nitrogens is 1. The Labute approximate surface area is 86.0 Å². The van der Waals surface area contributed by atoms with Crippen molar-refractivity contribution in [3.8, 4) is 6.07 Å². The van der Waals surface area contributed by atoms with Gasteiger partial charge in [-0.1, -0.05) is 18.2 Å². The standard InChI is InChI=1S/C11H8N2O2/c12-6-5-9-7-8-3-1-2-4-10(8)13(9)11(14)15/h1-4,7H,5H2,(H,14,15). The second kappa shape index (κ2) is 3.46. The minimum Gasteiger partial charge on any atom is -0.464 e. The molecule has 4 heteroatoms. The summed E-state index contributed by atoms with van der Waals surface area (Å²) in [6.45, 7) is 0. The summed E-state index contributed by atoms with van der Waals surface area (Å²) in [6.07, 6.45) is -0.956. The van der Waals surface area contributed by atoms with Crippen LogP contribution in [-0.2, 0) is 6.42 Å². The van der Waals surface area contributed by atoms with E-state index in [1.165, 1.54) is 0 Å². The zero-order chi connectivity index (χ0) is 10.8. The zero-order valence-electron chi connectivity index (χ0n) is 7.84. The first-order valence-corrected chi connectivity index (χ1v) is 4.43. The summed E-state index contributed by atoms with van der Waals surface area (Å²) in [4.78, 5) is 11.0. The fourth-order valence-electron chi connectivity index (χ4n) is 1.65. The Morgan fingerprint density at radius 3 is 2.87 bits per heavy atom. The van der Waals surface area contributed by atoms with E-state index in [1.54, 1.807) is 18.2 Å². The molecule has 1 heterocycles. The zero-order valence-corrected chi connectivity index (χ0v) is 7.84. The minimum absolute atomic E-state index is 0.0982. The van der Waals surface area contributed by atoms with Crippen molar-refractivity contribution in [2.45, 2.75) is 6.42 Å². The van der Waals surface area contributed by atoms with Gasteiger partial charge in [-0.3, -0.25) is 0 Å². The Morgan fingerprint density at radius 1 is 1.47 bits per heavy atom. The molecule has 0 spiro atoms. The van der Waals surface area contributed by atoms with Crippen molar-refractivity contribution in [3.05, 3.63) is 36.0 Å². The molecule has 1 aromatic carbocycles. The lowest BCUT2D eigenvalue weighted by atomic mass is 10.2. The van der Waals surface area contributed by atoms with Crippen LogP contribution in [0.3, 0.4) is 0 Å². The molecule has 1 N–H and O–H groups in total. The minimum atomic E-state index is -1.05. The van der Waals surface area contributed by atoms with Crippen molar-refractivity contribution in [3.63, 3.8) is 0 Å². The van der Waals surface area contributed by atoms with Gasteiger partial charge in [0.2, 0.25) is 0 Å². The lowest BCUT2D eigenvalue weighted by Crippen LogP contribution is -2.10. The molecule has 0 fully saturated rings. The molecule has 74 valence electrons. The van der Waals surface area contributed by atoms with Gasteiger partial charge in [0.15, 0.2) is 0 Å². The first-order chi connectivity index (χ1) is 7.24. The van der Waals surface area contributed by atoms with E-state index in [0.717, 1.165) is 9.95 Å². The van der Waals surface area contributed by atoms with Crippen molar-refractivity contribution in [1.29, 1.82) is 5.26 Å². The van der Waals surface area contributed by atoms with Gasteiger partial charge in [0.25, 0.3) is 0 Å². The van der Waals surface area contributed by atoms with Gasteiger partial charge in [-0.05, 0) is 12.1 Å². The number of benzene rings is 1. The normalized spacial score (nSPS) is 10.1. The first kappa shape index (κ1) is 9.28. The number of hydrogen-bond acceptors (Lipinski definition) is 2. The average Bonchev–Trinajstić information content (AvgIpc) is 2.56. The van der Waals surface area contributed by atoms with Crippen molar-refractivity contribution >= 4 is 17.0 Å². The van der Waals surface area contributed by atoms with Crippen molar-refractivity contribution in [2.75, 3.05) is 0 Å². The van der Waals surface area contributed by atoms with Gasteiger partial charge in [0.05, 0.1) is 18.0 Å². The SMILES string of the molecule is N#CCc1cc2ccccc2n1C(=O)O. The lowest BCUT2D eigenvalue weighted by molar-refractivity contribution is 0.197. The smallest absolute Gasteiger partial charge is 0.416 e. The molecular weight excluding hydrogens is 192 g/mol. The fraction of sp³-hybridized carbons (Fsp3) is 0.0909. The quantitative estimate of drug-likeness (QED) is 0.767. The van der Waals surface area contributed by atoms with Gasteiger partial charge in [-0.25, -0.2) is 9.36 Å². The van der Waals surface area contributed by atoms with Gasteiger partial charge in [-0.15, -0.1) is 0 Å². The summed E-state index contributed by atoms with van der Waals surface area (Å²) in [7, 11) is 0. The predicted molar refractivity (Wildman–Crippen MR) is 54.7 cm³/mol. The van der Waals surface area contributed by atoms with Crippen molar-refractivity contribution in [2.24, 2.45) is 0 Å². The molecule has 0 atom stereocenters. The summed E-state index contributed by atoms with van der Waals surface area (Å²) >= 11 is 0. The van der Waals surface area contributed by atoms with E-state index in [-0.39, 0.29) is 6.42 Å². The first-order valence-electron chi connectivity index (χ1n) is 4.43. The summed E-state index contributed by atoms with van der Waals surface area (Å²) in [5, 5.41) is 18.5. The van der Waals surface area contributed by atoms with Gasteiger partial charge in [0, 0.05) is 11.1 Å². The van der Waals surface area contributed by atoms with Crippen LogP contribution in [0.5, 0.6) is 0 Å². The van der Waals surface area contributed by atoms with E-state index in [9.17, 15) is 4.79 Å². The molecule has 2 aromatic rings. The van der Waals surface area contributed by atoms with Crippen LogP contribution < -0.4 is 0 Å². The molecule has 0 unspecified atom stereocenters. The molecule has 15 heavy (non-hydrogen) atoms. The Kier molecular flexibility index (Phi) is 2.14. The summed E-state index contributed by atoms with van der Waals surface area (Å²) in [5.41, 5.74) is 1.13. The van der Waals surface area contributed by atoms with Gasteiger partial charge in [-0.2, -0.15) is 5.26 Å². The number of carbonyl (C=O) groups is 1. The molecule has 0 amide bonds. The Morgan fingerprint density at radius 2 is 2.20 bits per heavy atom. The van der Waals surface area contributed by atoms with Gasteiger partial charge in [0.1, 0.15) is 0 Å². The molecule has 0 aliphatic carbocycles. The van der Waals surface area contributed by atoms with E-state index >= 15 is 0 Å². The third-order valence-corrected chi connectivity index (χ3v) is 2.24. The summed E-state index contributed by atoms with van der Waals surface area (Å²) in [6, 6.07) is 10.9. The summed E-state index contributed by atoms with van der Waals surface area (Å²) < 4.78 is 1.15. The molecule has 0 bridgehead atoms. The van der Waals surface area contributed by atoms with E-state index in [4.69, 9.17) is 10.4 Å². The molecule has 0 aliphatic heterocycles. The monoisotopic (exact) mass is 200 g/mol. The van der Waals surface area contributed by atoms with Crippen LogP contribution in [0.2, 0.25) is 0 Å². The highest BCUT2D eigenvalue weighted by Gasteiger charge is 2.12. The average molecular weight is 200 g/mol. The maximum atomic E-state index is 11.0. The van der Waals surface area contributed by atoms with E-state index in [0.29, 0.717) is 11.2 Å². The third-order valence-electron chi connectivity index (χ3n) is 2.24. The van der Waals surface area contributed by atoms with Crippen molar-refractivity contribution in [1.82, 2.24) is 4.57 Å². The topological polar surface area (TPSA) is 66.0 Å². The maximum absolute atomic E-state index is 11.0. The van der Waals surface area contributed by atoms with E-state index in [2.05, 4.69) is 0 Å². The van der Waals surface area contributed by atoms with Crippen molar-refractivity contribution < 1.29 is 9.90 Å². The van der Waals surface area contributed by atoms with E-state index < -0.39 is 6.09 Å². The van der Waals surface area contributed by atoms with Crippen LogP contribution >= 0.6 is 0 Å². The number of hydrogen-bond donors (Lipinski definition) is 1. The fourth-order valence-corrected chi connectivity index (χ4v) is 1.65. The number of nitrogens with zero attached hydrogens (tertiary/aromatic N) is 2. The molecule has 0 saturated heterocycles. The second-order valence-electron chi connectivity index (χ2n) is 3.15. The van der Waals surface area contributed by atoms with Crippen LogP contribution in [0.15, 0.2) is 30.3 Å². The number of rotatable bonds is 1. The Hall–Kier alpha value is -2.28. The largest absolute Gasteiger partial charge is 0.464 e. The number of fused-ring (bicyclic) bond motifs is 1. The molecule has 0 radical (unpaired) electrons. The van der Waals surface area contributed by atoms with Gasteiger partial charge < -0.3 is 5.11 Å². The number of carboxylic acid groups (broad SMARTS) is 1. The lowest BCUT2D eigenvalue weighted by Gasteiger charge is -2.00. The molecular formula is C11H8N2O2. The highest BCUT2D eigenvalue weighted by atomic mass is 16.4. The van der Waals surface area contributed by atoms with Gasteiger partial charge >= 0.3 is 6.09 Å². The highest BCUT2D eigenvalue weighted by molar-refractivity contribution is 5.90. The van der Waals surface area contributed by atoms with Crippen LogP contribution in [-0.4, -0.2) is 15.8 Å². The Bertz CT molecular complexity index is 563. The predicted octanol–water partition coefficient (Wildman–Crippen LogP) is 2.23. The molecule has 2 rings (SSSR count). The maximum Gasteiger partial charge on any atom is 0.416 e. The molecule has 0 aliphatic rings. The number of nitriles is 1. The number of para-hydroxylation sites is 1. The summed E-state index contributed by atoms with van der Waals surface area (Å²) in [5.74, 6) is 0. The van der Waals surface area contributed by atoms with Crippen LogP contribution in [0.1, 0.15) is 5.69 Å². The van der Waals surface area contributed by atoms with Crippen LogP contribution in [0, 0.1) is 11.3 Å². The molecule has 0 saturated carbocycles. The molecule has 4 nitrogen and oxygen atoms in total.